The topological polar surface area (TPSA) is 73.6 Å². The molecular weight excluding hydrogens is 220 g/mol. The number of benzene rings is 1. The van der Waals surface area contributed by atoms with Gasteiger partial charge in [-0.3, -0.25) is 4.79 Å². The Hall–Kier alpha value is -1.91. The van der Waals surface area contributed by atoms with E-state index in [1.165, 1.54) is 0 Å². The van der Waals surface area contributed by atoms with Crippen LogP contribution in [0.3, 0.4) is 0 Å². The van der Waals surface area contributed by atoms with Crippen molar-refractivity contribution in [2.75, 3.05) is 12.5 Å². The monoisotopic (exact) mass is 234 g/mol. The van der Waals surface area contributed by atoms with Gasteiger partial charge in [-0.25, -0.2) is 0 Å². The van der Waals surface area contributed by atoms with Crippen LogP contribution in [0.5, 0.6) is 11.5 Å². The van der Waals surface area contributed by atoms with Crippen LogP contribution in [-0.2, 0) is 0 Å². The Bertz CT molecular complexity index is 487. The third kappa shape index (κ3) is 1.77. The Morgan fingerprint density at radius 1 is 1.41 bits per heavy atom. The maximum absolute atomic E-state index is 12.0. The molecule has 0 bridgehead atoms. The van der Waals surface area contributed by atoms with Gasteiger partial charge in [-0.2, -0.15) is 0 Å². The van der Waals surface area contributed by atoms with E-state index in [0.29, 0.717) is 28.7 Å². The molecule has 2 aliphatic rings. The molecule has 3 rings (SSSR count). The minimum Gasteiger partial charge on any atom is -0.454 e. The van der Waals surface area contributed by atoms with Crippen LogP contribution in [-0.4, -0.2) is 18.7 Å². The van der Waals surface area contributed by atoms with Crippen LogP contribution in [0.1, 0.15) is 23.7 Å². The van der Waals surface area contributed by atoms with Crippen LogP contribution in [0, 0.1) is 5.92 Å². The number of rotatable bonds is 2. The van der Waals surface area contributed by atoms with Crippen molar-refractivity contribution < 1.29 is 14.3 Å². The minimum atomic E-state index is -0.143. The van der Waals surface area contributed by atoms with Crippen LogP contribution in [0.25, 0.3) is 0 Å². The average molecular weight is 234 g/mol. The number of fused-ring (bicyclic) bond motifs is 1. The van der Waals surface area contributed by atoms with E-state index < -0.39 is 0 Å². The van der Waals surface area contributed by atoms with Crippen LogP contribution >= 0.6 is 0 Å². The second-order valence-corrected chi connectivity index (χ2v) is 4.59. The fraction of sp³-hybridized carbons (Fsp3) is 0.417. The van der Waals surface area contributed by atoms with E-state index in [1.807, 2.05) is 0 Å². The molecule has 1 aromatic rings. The summed E-state index contributed by atoms with van der Waals surface area (Å²) in [6.07, 6.45) is 1.04. The highest BCUT2D eigenvalue weighted by Crippen LogP contribution is 2.36. The Labute approximate surface area is 98.9 Å². The van der Waals surface area contributed by atoms with Crippen molar-refractivity contribution in [3.05, 3.63) is 17.7 Å². The first-order chi connectivity index (χ1) is 8.15. The Morgan fingerprint density at radius 2 is 2.06 bits per heavy atom. The molecule has 1 saturated carbocycles. The Kier molecular flexibility index (Phi) is 2.14. The fourth-order valence-electron chi connectivity index (χ4n) is 1.92. The van der Waals surface area contributed by atoms with Crippen molar-refractivity contribution in [2.24, 2.45) is 5.92 Å². The Balaban J connectivity index is 1.84. The highest BCUT2D eigenvalue weighted by molar-refractivity contribution is 6.00. The van der Waals surface area contributed by atoms with Gasteiger partial charge in [0.15, 0.2) is 11.5 Å². The van der Waals surface area contributed by atoms with Gasteiger partial charge in [0.05, 0.1) is 5.56 Å². The summed E-state index contributed by atoms with van der Waals surface area (Å²) in [5, 5.41) is 2.94. The smallest absolute Gasteiger partial charge is 0.253 e. The summed E-state index contributed by atoms with van der Waals surface area (Å²) in [5.74, 6) is 1.59. The van der Waals surface area contributed by atoms with Crippen molar-refractivity contribution in [1.29, 1.82) is 0 Å². The number of nitrogens with one attached hydrogen (secondary N) is 1. The molecular formula is C12H14N2O3. The molecule has 2 atom stereocenters. The molecule has 1 fully saturated rings. The maximum Gasteiger partial charge on any atom is 0.253 e. The van der Waals surface area contributed by atoms with Gasteiger partial charge in [-0.1, -0.05) is 6.92 Å². The van der Waals surface area contributed by atoms with Gasteiger partial charge in [-0.15, -0.1) is 0 Å². The normalized spacial score (nSPS) is 24.5. The van der Waals surface area contributed by atoms with Crippen molar-refractivity contribution in [3.8, 4) is 11.5 Å². The molecule has 0 saturated heterocycles. The second-order valence-electron chi connectivity index (χ2n) is 4.59. The predicted molar refractivity (Wildman–Crippen MR) is 62.0 cm³/mol. The third-order valence-electron chi connectivity index (χ3n) is 3.22. The van der Waals surface area contributed by atoms with Crippen molar-refractivity contribution in [1.82, 2.24) is 5.32 Å². The number of carbonyl (C=O) groups is 1. The number of ether oxygens (including phenoxy) is 2. The molecule has 17 heavy (non-hydrogen) atoms. The number of amides is 1. The number of nitrogen functional groups attached to an aromatic ring is 1. The minimum absolute atomic E-state index is 0.143. The van der Waals surface area contributed by atoms with E-state index in [0.717, 1.165) is 6.42 Å². The summed E-state index contributed by atoms with van der Waals surface area (Å²) in [6, 6.07) is 3.56. The van der Waals surface area contributed by atoms with Gasteiger partial charge in [0, 0.05) is 17.8 Å². The quantitative estimate of drug-likeness (QED) is 0.752. The van der Waals surface area contributed by atoms with E-state index in [2.05, 4.69) is 12.2 Å². The summed E-state index contributed by atoms with van der Waals surface area (Å²) in [5.41, 5.74) is 6.70. The van der Waals surface area contributed by atoms with Gasteiger partial charge < -0.3 is 20.5 Å². The lowest BCUT2D eigenvalue weighted by Crippen LogP contribution is -2.27. The van der Waals surface area contributed by atoms with Gasteiger partial charge >= 0.3 is 0 Å². The highest BCUT2D eigenvalue weighted by Gasteiger charge is 2.34. The average Bonchev–Trinajstić information content (AvgIpc) is 2.78. The van der Waals surface area contributed by atoms with E-state index in [4.69, 9.17) is 15.2 Å². The highest BCUT2D eigenvalue weighted by atomic mass is 16.7. The lowest BCUT2D eigenvalue weighted by atomic mass is 10.1. The molecule has 1 aliphatic heterocycles. The maximum atomic E-state index is 12.0. The molecule has 5 heteroatoms. The summed E-state index contributed by atoms with van der Waals surface area (Å²) in [7, 11) is 0. The molecule has 0 spiro atoms. The van der Waals surface area contributed by atoms with Crippen LogP contribution in [0.2, 0.25) is 0 Å². The SMILES string of the molecule is CC1CC1NC(=O)c1cc2c(cc1N)OCO2. The molecule has 0 aromatic heterocycles. The van der Waals surface area contributed by atoms with Crippen LogP contribution < -0.4 is 20.5 Å². The molecule has 90 valence electrons. The molecule has 1 aliphatic carbocycles. The lowest BCUT2D eigenvalue weighted by molar-refractivity contribution is 0.0950. The van der Waals surface area contributed by atoms with Crippen molar-refractivity contribution in [2.45, 2.75) is 19.4 Å². The summed E-state index contributed by atoms with van der Waals surface area (Å²) in [4.78, 5) is 12.0. The van der Waals surface area contributed by atoms with E-state index >= 15 is 0 Å². The van der Waals surface area contributed by atoms with E-state index in [9.17, 15) is 4.79 Å². The third-order valence-corrected chi connectivity index (χ3v) is 3.22. The molecule has 3 N–H and O–H groups in total. The first kappa shape index (κ1) is 10.3. The summed E-state index contributed by atoms with van der Waals surface area (Å²) >= 11 is 0. The van der Waals surface area contributed by atoms with Crippen LogP contribution in [0.15, 0.2) is 12.1 Å². The Morgan fingerprint density at radius 3 is 2.71 bits per heavy atom. The van der Waals surface area contributed by atoms with E-state index in [-0.39, 0.29) is 18.7 Å². The molecule has 2 unspecified atom stereocenters. The lowest BCUT2D eigenvalue weighted by Gasteiger charge is -2.08. The van der Waals surface area contributed by atoms with Gasteiger partial charge in [0.1, 0.15) is 0 Å². The number of nitrogens with two attached hydrogens (primary N) is 1. The van der Waals surface area contributed by atoms with E-state index in [1.54, 1.807) is 12.1 Å². The van der Waals surface area contributed by atoms with Gasteiger partial charge in [-0.05, 0) is 18.4 Å². The number of hydrogen-bond donors (Lipinski definition) is 2. The number of anilines is 1. The zero-order valence-corrected chi connectivity index (χ0v) is 9.53. The molecule has 0 radical (unpaired) electrons. The van der Waals surface area contributed by atoms with Gasteiger partial charge in [0.2, 0.25) is 6.79 Å². The van der Waals surface area contributed by atoms with Crippen molar-refractivity contribution in [3.63, 3.8) is 0 Å². The molecule has 5 nitrogen and oxygen atoms in total. The first-order valence-corrected chi connectivity index (χ1v) is 5.65. The van der Waals surface area contributed by atoms with Gasteiger partial charge in [0.25, 0.3) is 5.91 Å². The zero-order chi connectivity index (χ0) is 12.0. The number of hydrogen-bond acceptors (Lipinski definition) is 4. The predicted octanol–water partition coefficient (Wildman–Crippen LogP) is 1.14. The standard InChI is InChI=1S/C12H14N2O3/c1-6-2-9(6)14-12(15)7-3-10-11(4-8(7)13)17-5-16-10/h3-4,6,9H,2,5,13H2,1H3,(H,14,15). The molecule has 1 heterocycles. The van der Waals surface area contributed by atoms with Crippen molar-refractivity contribution >= 4 is 11.6 Å². The summed E-state index contributed by atoms with van der Waals surface area (Å²) < 4.78 is 10.4. The van der Waals surface area contributed by atoms with Crippen LogP contribution in [0.4, 0.5) is 5.69 Å². The largest absolute Gasteiger partial charge is 0.454 e. The molecule has 1 aromatic carbocycles. The zero-order valence-electron chi connectivity index (χ0n) is 9.53. The second kappa shape index (κ2) is 3.55. The number of carbonyl (C=O) groups excluding carboxylic acids is 1. The fourth-order valence-corrected chi connectivity index (χ4v) is 1.92. The summed E-state index contributed by atoms with van der Waals surface area (Å²) in [6.45, 7) is 2.29. The first-order valence-electron chi connectivity index (χ1n) is 5.65. The molecule has 1 amide bonds.